The molecule has 1 aromatic carbocycles. The standard InChI is InChI=1S/C15H13N2O2/c1-2-11-6-8-12(9-7-11)17-14(18)13-5-3-4-10-16(13)15(17)19/h6-9,13H,3-5,10H2. The number of urea groups is 1. The molecule has 4 nitrogen and oxygen atoms in total. The van der Waals surface area contributed by atoms with Gasteiger partial charge in [-0.05, 0) is 50.0 Å². The Balaban J connectivity index is 1.93. The Morgan fingerprint density at radius 3 is 2.53 bits per heavy atom. The highest BCUT2D eigenvalue weighted by atomic mass is 16.2. The SMILES string of the molecule is [C]#Cc1ccc(N2C(=O)C3CCCCN3C2=O)cc1. The number of piperidine rings is 1. The molecule has 2 aliphatic rings. The average Bonchev–Trinajstić information content (AvgIpc) is 2.72. The van der Waals surface area contributed by atoms with E-state index in [1.165, 1.54) is 4.90 Å². The van der Waals surface area contributed by atoms with Gasteiger partial charge in [0.2, 0.25) is 0 Å². The maximum Gasteiger partial charge on any atom is 0.332 e. The summed E-state index contributed by atoms with van der Waals surface area (Å²) in [5, 5.41) is 0. The highest BCUT2D eigenvalue weighted by Gasteiger charge is 2.46. The summed E-state index contributed by atoms with van der Waals surface area (Å²) >= 11 is 0. The molecule has 0 spiro atoms. The molecule has 3 rings (SSSR count). The minimum Gasteiger partial charge on any atom is -0.312 e. The molecule has 1 unspecified atom stereocenters. The molecular weight excluding hydrogens is 240 g/mol. The summed E-state index contributed by atoms with van der Waals surface area (Å²) in [5.41, 5.74) is 1.20. The van der Waals surface area contributed by atoms with Crippen LogP contribution in [0.2, 0.25) is 0 Å². The number of carbonyl (C=O) groups excluding carboxylic acids is 2. The van der Waals surface area contributed by atoms with Crippen LogP contribution >= 0.6 is 0 Å². The minimum absolute atomic E-state index is 0.128. The van der Waals surface area contributed by atoms with E-state index in [4.69, 9.17) is 6.42 Å². The Morgan fingerprint density at radius 2 is 1.89 bits per heavy atom. The van der Waals surface area contributed by atoms with E-state index in [2.05, 4.69) is 5.92 Å². The molecule has 95 valence electrons. The van der Waals surface area contributed by atoms with Crippen molar-refractivity contribution in [2.24, 2.45) is 0 Å². The second-order valence-corrected chi connectivity index (χ2v) is 4.83. The smallest absolute Gasteiger partial charge is 0.312 e. The van der Waals surface area contributed by atoms with Gasteiger partial charge in [0, 0.05) is 12.1 Å². The normalized spacial score (nSPS) is 22.4. The van der Waals surface area contributed by atoms with Crippen molar-refractivity contribution in [2.45, 2.75) is 25.3 Å². The van der Waals surface area contributed by atoms with Crippen molar-refractivity contribution < 1.29 is 9.59 Å². The lowest BCUT2D eigenvalue weighted by Gasteiger charge is -2.25. The topological polar surface area (TPSA) is 40.6 Å². The molecule has 1 aromatic rings. The molecule has 0 saturated carbocycles. The Morgan fingerprint density at radius 1 is 1.16 bits per heavy atom. The lowest BCUT2D eigenvalue weighted by Crippen LogP contribution is -2.39. The molecule has 0 aromatic heterocycles. The summed E-state index contributed by atoms with van der Waals surface area (Å²) in [7, 11) is 0. The van der Waals surface area contributed by atoms with E-state index in [9.17, 15) is 9.59 Å². The molecular formula is C15H13N2O2. The fourth-order valence-electron chi connectivity index (χ4n) is 2.72. The number of benzene rings is 1. The van der Waals surface area contributed by atoms with Gasteiger partial charge in [-0.3, -0.25) is 4.79 Å². The van der Waals surface area contributed by atoms with Crippen LogP contribution in [-0.4, -0.2) is 29.4 Å². The lowest BCUT2D eigenvalue weighted by molar-refractivity contribution is -0.120. The van der Waals surface area contributed by atoms with Crippen molar-refractivity contribution in [2.75, 3.05) is 11.4 Å². The summed E-state index contributed by atoms with van der Waals surface area (Å²) in [5.74, 6) is 2.14. The number of fused-ring (bicyclic) bond motifs is 1. The van der Waals surface area contributed by atoms with Crippen molar-refractivity contribution >= 4 is 17.6 Å². The predicted molar refractivity (Wildman–Crippen MR) is 69.9 cm³/mol. The van der Waals surface area contributed by atoms with Gasteiger partial charge in [-0.15, -0.1) is 0 Å². The van der Waals surface area contributed by atoms with Crippen molar-refractivity contribution in [1.29, 1.82) is 0 Å². The molecule has 3 amide bonds. The molecule has 19 heavy (non-hydrogen) atoms. The van der Waals surface area contributed by atoms with Crippen LogP contribution in [0.15, 0.2) is 24.3 Å². The minimum atomic E-state index is -0.282. The lowest BCUT2D eigenvalue weighted by atomic mass is 10.0. The van der Waals surface area contributed by atoms with Gasteiger partial charge in [0.05, 0.1) is 5.69 Å². The molecule has 1 radical (unpaired) electrons. The van der Waals surface area contributed by atoms with Gasteiger partial charge in [0.15, 0.2) is 0 Å². The third kappa shape index (κ3) is 1.78. The number of carbonyl (C=O) groups is 2. The number of nitrogens with zero attached hydrogens (tertiary/aromatic N) is 2. The largest absolute Gasteiger partial charge is 0.332 e. The van der Waals surface area contributed by atoms with Gasteiger partial charge in [-0.1, -0.05) is 5.92 Å². The van der Waals surface area contributed by atoms with E-state index in [0.29, 0.717) is 17.8 Å². The number of amides is 3. The zero-order valence-electron chi connectivity index (χ0n) is 10.4. The third-order valence-corrected chi connectivity index (χ3v) is 3.72. The molecule has 2 saturated heterocycles. The van der Waals surface area contributed by atoms with E-state index in [1.54, 1.807) is 29.2 Å². The van der Waals surface area contributed by atoms with Gasteiger partial charge >= 0.3 is 6.03 Å². The van der Waals surface area contributed by atoms with Crippen molar-refractivity contribution in [3.05, 3.63) is 36.3 Å². The molecule has 1 atom stereocenters. The van der Waals surface area contributed by atoms with E-state index in [1.807, 2.05) is 0 Å². The number of imide groups is 1. The van der Waals surface area contributed by atoms with Gasteiger partial charge < -0.3 is 4.90 Å². The van der Waals surface area contributed by atoms with E-state index < -0.39 is 0 Å². The first kappa shape index (κ1) is 11.8. The second-order valence-electron chi connectivity index (χ2n) is 4.83. The van der Waals surface area contributed by atoms with E-state index in [0.717, 1.165) is 19.3 Å². The second kappa shape index (κ2) is 4.43. The third-order valence-electron chi connectivity index (χ3n) is 3.72. The number of anilines is 1. The average molecular weight is 253 g/mol. The highest BCUT2D eigenvalue weighted by Crippen LogP contribution is 2.30. The summed E-state index contributed by atoms with van der Waals surface area (Å²) in [6.45, 7) is 0.665. The summed E-state index contributed by atoms with van der Waals surface area (Å²) in [4.78, 5) is 27.5. The van der Waals surface area contributed by atoms with Crippen LogP contribution in [0, 0.1) is 12.3 Å². The Bertz CT molecular complexity index is 547. The van der Waals surface area contributed by atoms with E-state index in [-0.39, 0.29) is 18.0 Å². The molecule has 2 fully saturated rings. The fourth-order valence-corrected chi connectivity index (χ4v) is 2.72. The summed E-state index contributed by atoms with van der Waals surface area (Å²) in [6.07, 6.45) is 9.75. The van der Waals surface area contributed by atoms with Gasteiger partial charge in [0.25, 0.3) is 5.91 Å². The first-order valence-electron chi connectivity index (χ1n) is 6.40. The van der Waals surface area contributed by atoms with Crippen molar-refractivity contribution in [3.63, 3.8) is 0 Å². The Hall–Kier alpha value is -2.28. The monoisotopic (exact) mass is 253 g/mol. The molecule has 0 bridgehead atoms. The predicted octanol–water partition coefficient (Wildman–Crippen LogP) is 1.95. The zero-order chi connectivity index (χ0) is 13.4. The number of hydrogen-bond donors (Lipinski definition) is 0. The van der Waals surface area contributed by atoms with Crippen LogP contribution in [0.4, 0.5) is 10.5 Å². The van der Waals surface area contributed by atoms with Crippen LogP contribution in [0.1, 0.15) is 24.8 Å². The first-order valence-corrected chi connectivity index (χ1v) is 6.40. The maximum absolute atomic E-state index is 12.3. The molecule has 2 aliphatic heterocycles. The van der Waals surface area contributed by atoms with Crippen LogP contribution in [0.25, 0.3) is 0 Å². The van der Waals surface area contributed by atoms with Crippen molar-refractivity contribution in [3.8, 4) is 5.92 Å². The summed E-state index contributed by atoms with van der Waals surface area (Å²) < 4.78 is 0. The van der Waals surface area contributed by atoms with Gasteiger partial charge in [-0.25, -0.2) is 9.69 Å². The molecule has 0 aliphatic carbocycles. The number of rotatable bonds is 1. The van der Waals surface area contributed by atoms with Gasteiger partial charge in [-0.2, -0.15) is 0 Å². The Labute approximate surface area is 112 Å². The van der Waals surface area contributed by atoms with Crippen LogP contribution < -0.4 is 4.90 Å². The fraction of sp³-hybridized carbons (Fsp3) is 0.333. The maximum atomic E-state index is 12.3. The molecule has 4 heteroatoms. The van der Waals surface area contributed by atoms with Crippen LogP contribution in [0.3, 0.4) is 0 Å². The highest BCUT2D eigenvalue weighted by molar-refractivity contribution is 6.21. The molecule has 2 heterocycles. The van der Waals surface area contributed by atoms with Crippen LogP contribution in [-0.2, 0) is 4.79 Å². The van der Waals surface area contributed by atoms with Crippen molar-refractivity contribution in [1.82, 2.24) is 4.90 Å². The molecule has 0 N–H and O–H groups in total. The zero-order valence-corrected chi connectivity index (χ0v) is 10.4. The Kier molecular flexibility index (Phi) is 2.75. The number of hydrogen-bond acceptors (Lipinski definition) is 2. The quantitative estimate of drug-likeness (QED) is 0.567. The first-order chi connectivity index (χ1) is 9.22. The van der Waals surface area contributed by atoms with Crippen LogP contribution in [0.5, 0.6) is 0 Å². The van der Waals surface area contributed by atoms with E-state index >= 15 is 0 Å². The van der Waals surface area contributed by atoms with Gasteiger partial charge in [0.1, 0.15) is 6.04 Å². The summed E-state index contributed by atoms with van der Waals surface area (Å²) in [6, 6.07) is 6.23.